The van der Waals surface area contributed by atoms with Crippen LogP contribution in [-0.2, 0) is 6.42 Å². The van der Waals surface area contributed by atoms with E-state index in [1.54, 1.807) is 13.8 Å². The lowest BCUT2D eigenvalue weighted by Gasteiger charge is -2.15. The van der Waals surface area contributed by atoms with Gasteiger partial charge in [0.2, 0.25) is 0 Å². The van der Waals surface area contributed by atoms with E-state index in [4.69, 9.17) is 0 Å². The maximum absolute atomic E-state index is 13.7. The molecule has 0 aliphatic heterocycles. The van der Waals surface area contributed by atoms with Gasteiger partial charge < -0.3 is 15.3 Å². The first-order valence-corrected chi connectivity index (χ1v) is 6.97. The summed E-state index contributed by atoms with van der Waals surface area (Å²) in [6, 6.07) is 4.17. The van der Waals surface area contributed by atoms with Gasteiger partial charge in [-0.05, 0) is 12.1 Å². The largest absolute Gasteiger partial charge is 0.507 e. The first-order chi connectivity index (χ1) is 10.7. The van der Waals surface area contributed by atoms with E-state index < -0.39 is 47.0 Å². The fraction of sp³-hybridized carbons (Fsp3) is 0.235. The van der Waals surface area contributed by atoms with E-state index in [-0.39, 0.29) is 16.7 Å². The molecule has 0 radical (unpaired) electrons. The molecule has 0 fully saturated rings. The highest BCUT2D eigenvalue weighted by atomic mass is 19.1. The molecule has 0 bridgehead atoms. The normalized spacial score (nSPS) is 11.0. The van der Waals surface area contributed by atoms with Gasteiger partial charge in [0, 0.05) is 29.5 Å². The van der Waals surface area contributed by atoms with E-state index in [0.29, 0.717) is 0 Å². The molecule has 0 aliphatic carbocycles. The van der Waals surface area contributed by atoms with Gasteiger partial charge in [-0.1, -0.05) is 19.9 Å². The van der Waals surface area contributed by atoms with Crippen LogP contribution in [0.15, 0.2) is 24.3 Å². The lowest BCUT2D eigenvalue weighted by atomic mass is 9.93. The number of carbonyl (C=O) groups excluding carboxylic acids is 1. The molecule has 6 heteroatoms. The molecule has 2 aromatic rings. The van der Waals surface area contributed by atoms with Crippen LogP contribution in [0.3, 0.4) is 0 Å². The summed E-state index contributed by atoms with van der Waals surface area (Å²) in [7, 11) is 0. The van der Waals surface area contributed by atoms with Gasteiger partial charge in [-0.25, -0.2) is 8.78 Å². The zero-order valence-corrected chi connectivity index (χ0v) is 12.6. The fourth-order valence-electron chi connectivity index (χ4n) is 2.27. The number of hydrogen-bond acceptors (Lipinski definition) is 4. The minimum absolute atomic E-state index is 0.226. The summed E-state index contributed by atoms with van der Waals surface area (Å²) in [5.74, 6) is -4.56. The minimum Gasteiger partial charge on any atom is -0.507 e. The number of rotatable bonds is 4. The van der Waals surface area contributed by atoms with Crippen molar-refractivity contribution in [2.75, 3.05) is 0 Å². The van der Waals surface area contributed by atoms with Gasteiger partial charge >= 0.3 is 0 Å². The Morgan fingerprint density at radius 1 is 1.04 bits per heavy atom. The Morgan fingerprint density at radius 3 is 2.13 bits per heavy atom. The summed E-state index contributed by atoms with van der Waals surface area (Å²) in [6.07, 6.45) is -0.463. The summed E-state index contributed by atoms with van der Waals surface area (Å²) in [6.45, 7) is 3.15. The monoisotopic (exact) mass is 322 g/mol. The van der Waals surface area contributed by atoms with Gasteiger partial charge in [0.25, 0.3) is 0 Å². The van der Waals surface area contributed by atoms with Crippen LogP contribution >= 0.6 is 0 Å². The molecule has 2 rings (SSSR count). The van der Waals surface area contributed by atoms with Crippen LogP contribution in [0, 0.1) is 17.6 Å². The molecule has 0 aromatic heterocycles. The molecule has 0 unspecified atom stereocenters. The Morgan fingerprint density at radius 2 is 1.61 bits per heavy atom. The highest BCUT2D eigenvalue weighted by Gasteiger charge is 2.25. The fourth-order valence-corrected chi connectivity index (χ4v) is 2.27. The molecular formula is C17H16F2O4. The Labute approximate surface area is 131 Å². The van der Waals surface area contributed by atoms with Gasteiger partial charge in [-0.15, -0.1) is 0 Å². The average Bonchev–Trinajstić information content (AvgIpc) is 2.45. The molecule has 0 saturated carbocycles. The van der Waals surface area contributed by atoms with Crippen molar-refractivity contribution >= 4 is 5.78 Å². The topological polar surface area (TPSA) is 77.8 Å². The van der Waals surface area contributed by atoms with Crippen LogP contribution in [0.2, 0.25) is 0 Å². The summed E-state index contributed by atoms with van der Waals surface area (Å²) in [4.78, 5) is 12.1. The van der Waals surface area contributed by atoms with Crippen LogP contribution in [-0.4, -0.2) is 21.1 Å². The van der Waals surface area contributed by atoms with E-state index in [2.05, 4.69) is 0 Å². The Kier molecular flexibility index (Phi) is 4.54. The second kappa shape index (κ2) is 6.24. The number of ketones is 1. The predicted molar refractivity (Wildman–Crippen MR) is 79.8 cm³/mol. The molecule has 0 spiro atoms. The number of hydrogen-bond donors (Lipinski definition) is 3. The molecule has 23 heavy (non-hydrogen) atoms. The number of phenolic OH excluding ortho intramolecular Hbond substituents is 3. The molecule has 0 amide bonds. The predicted octanol–water partition coefficient (Wildman–Crippen LogP) is 3.51. The Bertz CT molecular complexity index is 749. The number of benzene rings is 2. The number of phenols is 3. The smallest absolute Gasteiger partial charge is 0.172 e. The van der Waals surface area contributed by atoms with Crippen molar-refractivity contribution in [2.24, 2.45) is 5.92 Å². The third-order valence-electron chi connectivity index (χ3n) is 3.55. The summed E-state index contributed by atoms with van der Waals surface area (Å²) in [5, 5.41) is 29.9. The molecular weight excluding hydrogens is 306 g/mol. The van der Waals surface area contributed by atoms with Crippen molar-refractivity contribution in [1.29, 1.82) is 0 Å². The second-order valence-electron chi connectivity index (χ2n) is 5.51. The molecule has 0 saturated heterocycles. The van der Waals surface area contributed by atoms with Gasteiger partial charge in [-0.3, -0.25) is 4.79 Å². The lowest BCUT2D eigenvalue weighted by Crippen LogP contribution is -2.09. The first-order valence-electron chi connectivity index (χ1n) is 6.97. The number of aromatic hydroxyl groups is 3. The molecule has 0 atom stereocenters. The van der Waals surface area contributed by atoms with Gasteiger partial charge in [0.15, 0.2) is 5.78 Å². The third kappa shape index (κ3) is 3.11. The highest BCUT2D eigenvalue weighted by molar-refractivity contribution is 6.03. The van der Waals surface area contributed by atoms with E-state index in [0.717, 1.165) is 18.2 Å². The standard InChI is InChI=1S/C17H16F2O4/c1-8(2)16(22)15-14(21)7-13(20)10(17(15)23)6-9-11(18)4-3-5-12(9)19/h3-5,7-8,20-21,23H,6H2,1-2H3. The van der Waals surface area contributed by atoms with Crippen molar-refractivity contribution in [2.45, 2.75) is 20.3 Å². The van der Waals surface area contributed by atoms with Crippen molar-refractivity contribution in [3.05, 3.63) is 52.6 Å². The van der Waals surface area contributed by atoms with Gasteiger partial charge in [0.05, 0.1) is 0 Å². The molecule has 3 N–H and O–H groups in total. The maximum atomic E-state index is 13.7. The van der Waals surface area contributed by atoms with Crippen molar-refractivity contribution < 1.29 is 28.9 Å². The Balaban J connectivity index is 2.60. The summed E-state index contributed by atoms with van der Waals surface area (Å²) >= 11 is 0. The first kappa shape index (κ1) is 16.7. The molecule has 122 valence electrons. The maximum Gasteiger partial charge on any atom is 0.172 e. The van der Waals surface area contributed by atoms with Crippen molar-refractivity contribution in [3.63, 3.8) is 0 Å². The van der Waals surface area contributed by atoms with E-state index in [9.17, 15) is 28.9 Å². The molecule has 2 aromatic carbocycles. The zero-order chi connectivity index (χ0) is 17.3. The molecule has 4 nitrogen and oxygen atoms in total. The summed E-state index contributed by atoms with van der Waals surface area (Å²) in [5.41, 5.74) is -0.952. The van der Waals surface area contributed by atoms with E-state index >= 15 is 0 Å². The third-order valence-corrected chi connectivity index (χ3v) is 3.55. The number of Topliss-reactive ketones (excluding diaryl/α,β-unsaturated/α-hetero) is 1. The Hall–Kier alpha value is -2.63. The van der Waals surface area contributed by atoms with Crippen LogP contribution in [0.5, 0.6) is 17.2 Å². The minimum atomic E-state index is -0.839. The quantitative estimate of drug-likeness (QED) is 0.753. The van der Waals surface area contributed by atoms with Crippen LogP contribution in [0.1, 0.15) is 35.3 Å². The summed E-state index contributed by atoms with van der Waals surface area (Å²) < 4.78 is 27.5. The van der Waals surface area contributed by atoms with Crippen LogP contribution in [0.25, 0.3) is 0 Å². The van der Waals surface area contributed by atoms with Crippen LogP contribution < -0.4 is 0 Å². The van der Waals surface area contributed by atoms with Gasteiger partial charge in [0.1, 0.15) is 34.4 Å². The van der Waals surface area contributed by atoms with Crippen molar-refractivity contribution in [1.82, 2.24) is 0 Å². The number of carbonyl (C=O) groups is 1. The highest BCUT2D eigenvalue weighted by Crippen LogP contribution is 2.40. The lowest BCUT2D eigenvalue weighted by molar-refractivity contribution is 0.0933. The van der Waals surface area contributed by atoms with E-state index in [1.807, 2.05) is 0 Å². The van der Waals surface area contributed by atoms with Crippen LogP contribution in [0.4, 0.5) is 8.78 Å². The SMILES string of the molecule is CC(C)C(=O)c1c(O)cc(O)c(Cc2c(F)cccc2F)c1O. The second-order valence-corrected chi connectivity index (χ2v) is 5.51. The average molecular weight is 322 g/mol. The van der Waals surface area contributed by atoms with Gasteiger partial charge in [-0.2, -0.15) is 0 Å². The molecule has 0 aliphatic rings. The number of halogens is 2. The zero-order valence-electron chi connectivity index (χ0n) is 12.6. The van der Waals surface area contributed by atoms with Crippen molar-refractivity contribution in [3.8, 4) is 17.2 Å². The molecule has 0 heterocycles. The van der Waals surface area contributed by atoms with E-state index in [1.165, 1.54) is 6.07 Å².